The van der Waals surface area contributed by atoms with E-state index >= 15 is 0 Å². The van der Waals surface area contributed by atoms with Crippen LogP contribution in [0, 0.1) is 11.3 Å². The zero-order chi connectivity index (χ0) is 8.34. The molecule has 0 heterocycles. The van der Waals surface area contributed by atoms with Gasteiger partial charge in [0.15, 0.2) is 0 Å². The predicted molar refractivity (Wildman–Crippen MR) is 45.0 cm³/mol. The van der Waals surface area contributed by atoms with E-state index in [9.17, 15) is 4.79 Å². The molecule has 0 aromatic rings. The first-order chi connectivity index (χ1) is 5.74. The van der Waals surface area contributed by atoms with E-state index in [1.807, 2.05) is 24.3 Å². The lowest BCUT2D eigenvalue weighted by Gasteiger charge is -2.20. The van der Waals surface area contributed by atoms with Crippen LogP contribution in [0.4, 0.5) is 0 Å². The van der Waals surface area contributed by atoms with Crippen molar-refractivity contribution in [2.45, 2.75) is 6.42 Å². The van der Waals surface area contributed by atoms with Crippen LogP contribution in [0.3, 0.4) is 0 Å². The second-order valence-electron chi connectivity index (χ2n) is 3.69. The number of carbonyl (C=O) groups is 1. The molecule has 1 amide bonds. The predicted octanol–water partition coefficient (Wildman–Crippen LogP) is 0.914. The third kappa shape index (κ3) is 0.481. The number of primary amides is 1. The first-order valence-corrected chi connectivity index (χ1v) is 4.15. The Labute approximate surface area is 70.4 Å². The van der Waals surface area contributed by atoms with Crippen LogP contribution in [0.2, 0.25) is 0 Å². The highest BCUT2D eigenvalue weighted by Crippen LogP contribution is 2.60. The first kappa shape index (κ1) is 6.23. The van der Waals surface area contributed by atoms with Gasteiger partial charge in [-0.15, -0.1) is 0 Å². The Morgan fingerprint density at radius 3 is 3.17 bits per heavy atom. The Bertz CT molecular complexity index is 375. The summed E-state index contributed by atoms with van der Waals surface area (Å²) in [7, 11) is 0. The average Bonchev–Trinajstić information content (AvgIpc) is 2.54. The molecule has 0 radical (unpaired) electrons. The van der Waals surface area contributed by atoms with Gasteiger partial charge in [-0.25, -0.2) is 0 Å². The van der Waals surface area contributed by atoms with Crippen LogP contribution in [0.25, 0.3) is 0 Å². The normalized spacial score (nSPS) is 40.2. The Balaban J connectivity index is 2.21. The molecule has 3 rings (SSSR count). The molecule has 1 fully saturated rings. The lowest BCUT2D eigenvalue weighted by molar-refractivity contribution is -0.121. The minimum atomic E-state index is -0.516. The Morgan fingerprint density at radius 1 is 1.67 bits per heavy atom. The van der Waals surface area contributed by atoms with E-state index in [4.69, 9.17) is 5.73 Å². The summed E-state index contributed by atoms with van der Waals surface area (Å²) in [5, 5.41) is 0. The molecule has 2 heteroatoms. The second kappa shape index (κ2) is 1.56. The summed E-state index contributed by atoms with van der Waals surface area (Å²) in [6, 6.07) is 0. The molecule has 0 aromatic heterocycles. The fraction of sp³-hybridized carbons (Fsp3) is 0.300. The minimum absolute atomic E-state index is 0.234. The molecule has 0 saturated heterocycles. The van der Waals surface area contributed by atoms with Crippen LogP contribution in [-0.2, 0) is 4.79 Å². The van der Waals surface area contributed by atoms with Crippen molar-refractivity contribution in [2.75, 3.05) is 0 Å². The fourth-order valence-corrected chi connectivity index (χ4v) is 2.31. The third-order valence-electron chi connectivity index (χ3n) is 3.04. The molecule has 2 atom stereocenters. The van der Waals surface area contributed by atoms with Crippen LogP contribution < -0.4 is 5.73 Å². The Morgan fingerprint density at radius 2 is 2.50 bits per heavy atom. The van der Waals surface area contributed by atoms with Crippen molar-refractivity contribution >= 4 is 5.91 Å². The van der Waals surface area contributed by atoms with Gasteiger partial charge in [0, 0.05) is 5.92 Å². The highest BCUT2D eigenvalue weighted by atomic mass is 16.1. The Hall–Kier alpha value is -1.31. The van der Waals surface area contributed by atoms with Gasteiger partial charge in [0.25, 0.3) is 0 Å². The smallest absolute Gasteiger partial charge is 0.235 e. The highest BCUT2D eigenvalue weighted by molar-refractivity contribution is 5.93. The number of allylic oxidation sites excluding steroid dienone is 3. The number of nitrogens with two attached hydrogens (primary N) is 1. The van der Waals surface area contributed by atoms with E-state index in [1.54, 1.807) is 0 Å². The summed E-state index contributed by atoms with van der Waals surface area (Å²) >= 11 is 0. The van der Waals surface area contributed by atoms with E-state index in [1.165, 1.54) is 11.1 Å². The first-order valence-electron chi connectivity index (χ1n) is 4.15. The highest BCUT2D eigenvalue weighted by Gasteiger charge is 2.53. The van der Waals surface area contributed by atoms with Gasteiger partial charge >= 0.3 is 0 Å². The number of hydrogen-bond acceptors (Lipinski definition) is 1. The maximum absolute atomic E-state index is 11.3. The van der Waals surface area contributed by atoms with Gasteiger partial charge in [0.1, 0.15) is 5.41 Å². The molecule has 12 heavy (non-hydrogen) atoms. The van der Waals surface area contributed by atoms with Crippen molar-refractivity contribution in [1.82, 2.24) is 0 Å². The molecule has 0 spiro atoms. The molecule has 2 nitrogen and oxygen atoms in total. The summed E-state index contributed by atoms with van der Waals surface area (Å²) in [6.07, 6.45) is 9.05. The van der Waals surface area contributed by atoms with Crippen LogP contribution in [-0.4, -0.2) is 5.91 Å². The second-order valence-corrected chi connectivity index (χ2v) is 3.69. The van der Waals surface area contributed by atoms with Crippen molar-refractivity contribution in [3.63, 3.8) is 0 Å². The zero-order valence-corrected chi connectivity index (χ0v) is 6.58. The zero-order valence-electron chi connectivity index (χ0n) is 6.58. The Kier molecular flexibility index (Phi) is 0.808. The van der Waals surface area contributed by atoms with Gasteiger partial charge in [-0.1, -0.05) is 29.9 Å². The molecule has 0 bridgehead atoms. The standard InChI is InChI=1S/C10H9NO/c11-9(12)10-3-1-2-8(10)7-4-6(7)5-10/h1-3,5,7H,4H2,(H2,11,12). The topological polar surface area (TPSA) is 43.1 Å². The number of carbonyl (C=O) groups excluding carboxylic acids is 1. The monoisotopic (exact) mass is 159 g/mol. The quantitative estimate of drug-likeness (QED) is 0.568. The maximum atomic E-state index is 11.3. The SMILES string of the molecule is NC(=O)C12C=CC=C1C1CC1=C2. The molecule has 1 saturated carbocycles. The van der Waals surface area contributed by atoms with Crippen LogP contribution in [0.15, 0.2) is 35.5 Å². The van der Waals surface area contributed by atoms with E-state index in [0.717, 1.165) is 6.42 Å². The summed E-state index contributed by atoms with van der Waals surface area (Å²) in [4.78, 5) is 11.3. The molecule has 3 aliphatic rings. The van der Waals surface area contributed by atoms with Crippen molar-refractivity contribution in [3.05, 3.63) is 35.5 Å². The van der Waals surface area contributed by atoms with Crippen molar-refractivity contribution in [2.24, 2.45) is 17.1 Å². The molecule has 60 valence electrons. The van der Waals surface area contributed by atoms with Crippen LogP contribution >= 0.6 is 0 Å². The summed E-state index contributed by atoms with van der Waals surface area (Å²) in [6.45, 7) is 0. The molecule has 3 aliphatic carbocycles. The molecule has 2 unspecified atom stereocenters. The number of hydrogen-bond donors (Lipinski definition) is 1. The summed E-state index contributed by atoms with van der Waals surface area (Å²) < 4.78 is 0. The lowest BCUT2D eigenvalue weighted by Crippen LogP contribution is -2.33. The largest absolute Gasteiger partial charge is 0.368 e. The minimum Gasteiger partial charge on any atom is -0.368 e. The van der Waals surface area contributed by atoms with Crippen LogP contribution in [0.1, 0.15) is 6.42 Å². The summed E-state index contributed by atoms with van der Waals surface area (Å²) in [5.74, 6) is 0.315. The molecule has 2 N–H and O–H groups in total. The van der Waals surface area contributed by atoms with Crippen molar-refractivity contribution in [1.29, 1.82) is 0 Å². The number of rotatable bonds is 1. The lowest BCUT2D eigenvalue weighted by atomic mass is 9.82. The summed E-state index contributed by atoms with van der Waals surface area (Å²) in [5.41, 5.74) is 7.46. The van der Waals surface area contributed by atoms with Gasteiger partial charge in [-0.3, -0.25) is 4.79 Å². The third-order valence-corrected chi connectivity index (χ3v) is 3.04. The fourth-order valence-electron chi connectivity index (χ4n) is 2.31. The van der Waals surface area contributed by atoms with Gasteiger partial charge in [-0.05, 0) is 12.0 Å². The maximum Gasteiger partial charge on any atom is 0.235 e. The average molecular weight is 159 g/mol. The van der Waals surface area contributed by atoms with Crippen molar-refractivity contribution in [3.8, 4) is 0 Å². The van der Waals surface area contributed by atoms with Crippen molar-refractivity contribution < 1.29 is 4.79 Å². The molecular formula is C10H9NO. The number of amides is 1. The van der Waals surface area contributed by atoms with E-state index in [-0.39, 0.29) is 5.91 Å². The molecule has 0 aromatic carbocycles. The van der Waals surface area contributed by atoms with Gasteiger partial charge in [0.2, 0.25) is 5.91 Å². The van der Waals surface area contributed by atoms with Gasteiger partial charge in [-0.2, -0.15) is 0 Å². The van der Waals surface area contributed by atoms with E-state index < -0.39 is 5.41 Å². The molecule has 0 aliphatic heterocycles. The molecular weight excluding hydrogens is 150 g/mol. The van der Waals surface area contributed by atoms with Gasteiger partial charge < -0.3 is 5.73 Å². The van der Waals surface area contributed by atoms with Gasteiger partial charge in [0.05, 0.1) is 0 Å². The van der Waals surface area contributed by atoms with Crippen LogP contribution in [0.5, 0.6) is 0 Å². The van der Waals surface area contributed by atoms with E-state index in [0.29, 0.717) is 5.92 Å². The van der Waals surface area contributed by atoms with E-state index in [2.05, 4.69) is 0 Å². The number of fused-ring (bicyclic) bond motifs is 3.